The number of unbranched alkanes of at least 4 members (excludes halogenated alkanes) is 15. The maximum Gasteiger partial charge on any atom is 0.417 e. The molecule has 0 spiro atoms. The van der Waals surface area contributed by atoms with Crippen LogP contribution >= 0.6 is 0 Å². The highest BCUT2D eigenvalue weighted by molar-refractivity contribution is 5.98. The van der Waals surface area contributed by atoms with Crippen LogP contribution in [-0.2, 0) is 15.7 Å². The summed E-state index contributed by atoms with van der Waals surface area (Å²) in [4.78, 5) is 25.1. The van der Waals surface area contributed by atoms with Gasteiger partial charge in [-0.25, -0.2) is 9.18 Å². The summed E-state index contributed by atoms with van der Waals surface area (Å²) in [7, 11) is 0. The molecule has 0 saturated carbocycles. The van der Waals surface area contributed by atoms with Crippen molar-refractivity contribution < 1.29 is 31.9 Å². The zero-order valence-corrected chi connectivity index (χ0v) is 24.1. The third kappa shape index (κ3) is 15.3. The Morgan fingerprint density at radius 1 is 0.795 bits per heavy atom. The molecule has 1 aromatic carbocycles. The fourth-order valence-electron chi connectivity index (χ4n) is 4.58. The van der Waals surface area contributed by atoms with Gasteiger partial charge in [0.15, 0.2) is 0 Å². The number of nitrogens with one attached hydrogen (secondary N) is 1. The van der Waals surface area contributed by atoms with Gasteiger partial charge in [-0.05, 0) is 30.5 Å². The van der Waals surface area contributed by atoms with Crippen molar-refractivity contribution in [1.29, 1.82) is 0 Å². The molecular weight excluding hydrogens is 510 g/mol. The molecule has 4 nitrogen and oxygen atoms in total. The van der Waals surface area contributed by atoms with Crippen molar-refractivity contribution in [1.82, 2.24) is 5.32 Å². The topological polar surface area (TPSA) is 55.4 Å². The lowest BCUT2D eigenvalue weighted by Gasteiger charge is -2.22. The van der Waals surface area contributed by atoms with Crippen molar-refractivity contribution >= 4 is 11.9 Å². The lowest BCUT2D eigenvalue weighted by molar-refractivity contribution is -0.147. The average molecular weight is 560 g/mol. The molecule has 1 aromatic rings. The smallest absolute Gasteiger partial charge is 0.417 e. The Balaban J connectivity index is 2.21. The van der Waals surface area contributed by atoms with E-state index in [9.17, 15) is 27.2 Å². The van der Waals surface area contributed by atoms with E-state index in [-0.39, 0.29) is 12.7 Å². The van der Waals surface area contributed by atoms with Gasteiger partial charge in [-0.2, -0.15) is 13.2 Å². The van der Waals surface area contributed by atoms with Crippen LogP contribution < -0.4 is 5.32 Å². The number of halogens is 4. The van der Waals surface area contributed by atoms with Gasteiger partial charge >= 0.3 is 12.1 Å². The number of amides is 1. The number of hydrogen-bond donors (Lipinski definition) is 1. The van der Waals surface area contributed by atoms with Gasteiger partial charge < -0.3 is 10.1 Å². The highest BCUT2D eigenvalue weighted by atomic mass is 19.4. The van der Waals surface area contributed by atoms with Crippen LogP contribution in [0.3, 0.4) is 0 Å². The number of ether oxygens (including phenoxy) is 1. The third-order valence-corrected chi connectivity index (χ3v) is 6.98. The number of carbonyl (C=O) groups excluding carboxylic acids is 2. The zero-order chi connectivity index (χ0) is 29.1. The average Bonchev–Trinajstić information content (AvgIpc) is 2.88. The molecule has 1 amide bonds. The number of carbonyl (C=O) groups is 2. The predicted octanol–water partition coefficient (Wildman–Crippen LogP) is 9.40. The number of esters is 1. The molecule has 1 unspecified atom stereocenters. The van der Waals surface area contributed by atoms with E-state index in [1.54, 1.807) is 13.8 Å². The minimum atomic E-state index is -4.91. The molecule has 1 atom stereocenters. The molecule has 1 N–H and O–H groups in total. The number of hydrogen-bond acceptors (Lipinski definition) is 3. The van der Waals surface area contributed by atoms with Crippen molar-refractivity contribution in [3.05, 3.63) is 35.1 Å². The summed E-state index contributed by atoms with van der Waals surface area (Å²) >= 11 is 0. The van der Waals surface area contributed by atoms with Crippen LogP contribution in [0.2, 0.25) is 0 Å². The second-order valence-corrected chi connectivity index (χ2v) is 10.9. The number of benzene rings is 1. The maximum atomic E-state index is 13.3. The summed E-state index contributed by atoms with van der Waals surface area (Å²) in [5, 5.41) is 2.34. The van der Waals surface area contributed by atoms with Crippen molar-refractivity contribution in [2.24, 2.45) is 5.92 Å². The van der Waals surface area contributed by atoms with Gasteiger partial charge in [-0.3, -0.25) is 4.79 Å². The maximum absolute atomic E-state index is 13.3. The molecule has 224 valence electrons. The molecule has 39 heavy (non-hydrogen) atoms. The molecular formula is C31H49F4NO3. The fraction of sp³-hybridized carbons (Fsp3) is 0.742. The van der Waals surface area contributed by atoms with E-state index >= 15 is 0 Å². The predicted molar refractivity (Wildman–Crippen MR) is 148 cm³/mol. The van der Waals surface area contributed by atoms with Crippen molar-refractivity contribution in [2.75, 3.05) is 6.61 Å². The Morgan fingerprint density at radius 3 is 1.69 bits per heavy atom. The molecule has 0 aromatic heterocycles. The third-order valence-electron chi connectivity index (χ3n) is 6.98. The first kappa shape index (κ1) is 34.9. The molecule has 0 saturated heterocycles. The van der Waals surface area contributed by atoms with Crippen LogP contribution in [-0.4, -0.2) is 24.5 Å². The van der Waals surface area contributed by atoms with E-state index in [1.807, 2.05) is 0 Å². The second kappa shape index (κ2) is 19.9. The van der Waals surface area contributed by atoms with Gasteiger partial charge in [0.2, 0.25) is 0 Å². The number of rotatable bonds is 21. The first-order chi connectivity index (χ1) is 18.6. The highest BCUT2D eigenvalue weighted by Crippen LogP contribution is 2.32. The van der Waals surface area contributed by atoms with Gasteiger partial charge in [0.05, 0.1) is 17.7 Å². The minimum absolute atomic E-state index is 0.195. The Labute approximate surface area is 232 Å². The lowest BCUT2D eigenvalue weighted by atomic mass is 10.0. The van der Waals surface area contributed by atoms with Crippen molar-refractivity contribution in [2.45, 2.75) is 136 Å². The summed E-state index contributed by atoms with van der Waals surface area (Å²) in [5.41, 5.74) is -2.12. The molecule has 0 radical (unpaired) electrons. The fourth-order valence-corrected chi connectivity index (χ4v) is 4.58. The SMILES string of the molecule is CCCCCCCCCCCCCCCCCCOC(=O)C(NC(=O)c1ccc(F)cc1C(F)(F)F)C(C)C. The first-order valence-electron chi connectivity index (χ1n) is 14.9. The lowest BCUT2D eigenvalue weighted by Crippen LogP contribution is -2.45. The molecule has 0 aliphatic heterocycles. The molecule has 0 aliphatic carbocycles. The van der Waals surface area contributed by atoms with Crippen LogP contribution in [0, 0.1) is 11.7 Å². The molecule has 0 bridgehead atoms. The quantitative estimate of drug-likeness (QED) is 0.0927. The Kier molecular flexibility index (Phi) is 17.8. The van der Waals surface area contributed by atoms with Crippen LogP contribution in [0.25, 0.3) is 0 Å². The van der Waals surface area contributed by atoms with Gasteiger partial charge in [-0.15, -0.1) is 0 Å². The van der Waals surface area contributed by atoms with Gasteiger partial charge in [0.25, 0.3) is 5.91 Å². The van der Waals surface area contributed by atoms with Crippen molar-refractivity contribution in [3.63, 3.8) is 0 Å². The first-order valence-corrected chi connectivity index (χ1v) is 14.9. The van der Waals surface area contributed by atoms with Crippen LogP contribution in [0.4, 0.5) is 17.6 Å². The van der Waals surface area contributed by atoms with E-state index in [0.29, 0.717) is 6.42 Å². The van der Waals surface area contributed by atoms with Crippen LogP contribution in [0.5, 0.6) is 0 Å². The summed E-state index contributed by atoms with van der Waals surface area (Å²) in [6, 6.07) is 0.718. The highest BCUT2D eigenvalue weighted by Gasteiger charge is 2.37. The Bertz CT molecular complexity index is 827. The Hall–Kier alpha value is -2.12. The molecule has 0 heterocycles. The largest absolute Gasteiger partial charge is 0.464 e. The standard InChI is InChI=1S/C31H49F4NO3/c1-4-5-6-7-8-9-10-11-12-13-14-15-16-17-18-19-22-39-30(38)28(24(2)3)36-29(37)26-21-20-25(32)23-27(26)31(33,34)35/h20-21,23-24,28H,4-19,22H2,1-3H3,(H,36,37). The summed E-state index contributed by atoms with van der Waals surface area (Å²) in [6.07, 6.45) is 14.8. The molecule has 0 aliphatic rings. The van der Waals surface area contributed by atoms with Gasteiger partial charge in [0, 0.05) is 0 Å². The molecule has 8 heteroatoms. The van der Waals surface area contributed by atoms with Crippen molar-refractivity contribution in [3.8, 4) is 0 Å². The second-order valence-electron chi connectivity index (χ2n) is 10.9. The molecule has 0 fully saturated rings. The summed E-state index contributed by atoms with van der Waals surface area (Å²) in [5.74, 6) is -3.28. The normalized spacial score (nSPS) is 12.5. The summed E-state index contributed by atoms with van der Waals surface area (Å²) in [6.45, 7) is 5.77. The molecule has 1 rings (SSSR count). The minimum Gasteiger partial charge on any atom is -0.464 e. The Morgan fingerprint density at radius 2 is 1.26 bits per heavy atom. The van der Waals surface area contributed by atoms with E-state index in [2.05, 4.69) is 12.2 Å². The van der Waals surface area contributed by atoms with Crippen LogP contribution in [0.15, 0.2) is 18.2 Å². The van der Waals surface area contributed by atoms with E-state index in [4.69, 9.17) is 4.74 Å². The summed E-state index contributed by atoms with van der Waals surface area (Å²) < 4.78 is 58.4. The number of alkyl halides is 3. The van der Waals surface area contributed by atoms with E-state index in [1.165, 1.54) is 77.0 Å². The van der Waals surface area contributed by atoms with Crippen LogP contribution in [0.1, 0.15) is 139 Å². The van der Waals surface area contributed by atoms with Gasteiger partial charge in [-0.1, -0.05) is 117 Å². The zero-order valence-electron chi connectivity index (χ0n) is 24.1. The van der Waals surface area contributed by atoms with Gasteiger partial charge in [0.1, 0.15) is 11.9 Å². The van der Waals surface area contributed by atoms with E-state index in [0.717, 1.165) is 31.4 Å². The monoisotopic (exact) mass is 559 g/mol. The van der Waals surface area contributed by atoms with E-state index < -0.39 is 47.0 Å².